The second-order valence-corrected chi connectivity index (χ2v) is 6.28. The Morgan fingerprint density at radius 1 is 1.25 bits per heavy atom. The number of benzene rings is 2. The Morgan fingerprint density at radius 2 is 1.95 bits per heavy atom. The van der Waals surface area contributed by atoms with Crippen molar-refractivity contribution in [3.05, 3.63) is 52.8 Å². The quantitative estimate of drug-likeness (QED) is 0.855. The van der Waals surface area contributed by atoms with Crippen LogP contribution in [-0.4, -0.2) is 8.42 Å². The maximum absolute atomic E-state index is 13.6. The van der Waals surface area contributed by atoms with E-state index < -0.39 is 15.8 Å². The average Bonchev–Trinajstić information content (AvgIpc) is 2.33. The Labute approximate surface area is 121 Å². The van der Waals surface area contributed by atoms with Crippen LogP contribution in [0.25, 0.3) is 0 Å². The molecule has 0 aliphatic heterocycles. The molecule has 2 rings (SSSR count). The van der Waals surface area contributed by atoms with Gasteiger partial charge in [-0.05, 0) is 36.8 Å². The van der Waals surface area contributed by atoms with Crippen molar-refractivity contribution in [3.63, 3.8) is 0 Å². The zero-order chi connectivity index (χ0) is 14.9. The molecule has 0 radical (unpaired) electrons. The molecule has 106 valence electrons. The Bertz CT molecular complexity index is 743. The first kappa shape index (κ1) is 14.6. The molecule has 4 nitrogen and oxygen atoms in total. The van der Waals surface area contributed by atoms with Crippen molar-refractivity contribution in [1.82, 2.24) is 0 Å². The van der Waals surface area contributed by atoms with Gasteiger partial charge in [0.15, 0.2) is 0 Å². The summed E-state index contributed by atoms with van der Waals surface area (Å²) in [6.45, 7) is 1.61. The van der Waals surface area contributed by atoms with E-state index in [-0.39, 0.29) is 21.3 Å². The van der Waals surface area contributed by atoms with Crippen LogP contribution in [0.5, 0.6) is 0 Å². The molecule has 0 fully saturated rings. The number of nitrogen functional groups attached to an aromatic ring is 1. The van der Waals surface area contributed by atoms with Gasteiger partial charge < -0.3 is 5.73 Å². The number of aryl methyl sites for hydroxylation is 1. The average molecular weight is 315 g/mol. The van der Waals surface area contributed by atoms with Crippen molar-refractivity contribution >= 4 is 33.0 Å². The third-order valence-electron chi connectivity index (χ3n) is 2.68. The van der Waals surface area contributed by atoms with Gasteiger partial charge in [0, 0.05) is 5.02 Å². The van der Waals surface area contributed by atoms with Crippen molar-refractivity contribution in [2.45, 2.75) is 11.8 Å². The van der Waals surface area contributed by atoms with Crippen LogP contribution in [0.1, 0.15) is 5.56 Å². The number of nitrogens with one attached hydrogen (secondary N) is 1. The summed E-state index contributed by atoms with van der Waals surface area (Å²) < 4.78 is 40.4. The first-order valence-electron chi connectivity index (χ1n) is 5.64. The van der Waals surface area contributed by atoms with Crippen LogP contribution >= 0.6 is 11.6 Å². The summed E-state index contributed by atoms with van der Waals surface area (Å²) in [5, 5.41) is 0.224. The molecule has 0 atom stereocenters. The molecule has 0 saturated heterocycles. The van der Waals surface area contributed by atoms with Crippen LogP contribution in [0.4, 0.5) is 15.8 Å². The first-order chi connectivity index (χ1) is 9.31. The van der Waals surface area contributed by atoms with Crippen LogP contribution in [0, 0.1) is 12.7 Å². The molecule has 0 heterocycles. The van der Waals surface area contributed by atoms with Gasteiger partial charge >= 0.3 is 0 Å². The maximum atomic E-state index is 13.6. The van der Waals surface area contributed by atoms with Crippen molar-refractivity contribution in [3.8, 4) is 0 Å². The van der Waals surface area contributed by atoms with Crippen molar-refractivity contribution in [2.75, 3.05) is 10.5 Å². The highest BCUT2D eigenvalue weighted by atomic mass is 35.5. The standard InChI is InChI=1S/C13H12ClFN2O2S/c1-8-3-2-4-11(16)13(8)20(18,19)17-12-7-9(14)5-6-10(12)15/h2-7,17H,16H2,1H3. The normalized spacial score (nSPS) is 11.3. The van der Waals surface area contributed by atoms with Gasteiger partial charge in [-0.2, -0.15) is 0 Å². The molecule has 2 aromatic rings. The van der Waals surface area contributed by atoms with E-state index in [9.17, 15) is 12.8 Å². The summed E-state index contributed by atoms with van der Waals surface area (Å²) in [5.74, 6) is -0.717. The Balaban J connectivity index is 2.49. The number of sulfonamides is 1. The van der Waals surface area contributed by atoms with E-state index in [0.29, 0.717) is 5.56 Å². The lowest BCUT2D eigenvalue weighted by molar-refractivity contribution is 0.598. The number of rotatable bonds is 3. The van der Waals surface area contributed by atoms with Gasteiger partial charge in [-0.25, -0.2) is 12.8 Å². The molecule has 0 spiro atoms. The third-order valence-corrected chi connectivity index (χ3v) is 4.50. The van der Waals surface area contributed by atoms with E-state index in [1.54, 1.807) is 19.1 Å². The fourth-order valence-electron chi connectivity index (χ4n) is 1.81. The Hall–Kier alpha value is -1.79. The van der Waals surface area contributed by atoms with Crippen LogP contribution < -0.4 is 10.5 Å². The predicted molar refractivity (Wildman–Crippen MR) is 77.8 cm³/mol. The fraction of sp³-hybridized carbons (Fsp3) is 0.0769. The SMILES string of the molecule is Cc1cccc(N)c1S(=O)(=O)Nc1cc(Cl)ccc1F. The first-order valence-corrected chi connectivity index (χ1v) is 7.50. The molecule has 0 saturated carbocycles. The molecule has 0 unspecified atom stereocenters. The van der Waals surface area contributed by atoms with Crippen molar-refractivity contribution in [1.29, 1.82) is 0 Å². The van der Waals surface area contributed by atoms with Crippen LogP contribution in [-0.2, 0) is 10.0 Å². The van der Waals surface area contributed by atoms with E-state index in [1.807, 2.05) is 0 Å². The van der Waals surface area contributed by atoms with Gasteiger partial charge in [0.1, 0.15) is 10.7 Å². The molecule has 7 heteroatoms. The van der Waals surface area contributed by atoms with Crippen molar-refractivity contribution < 1.29 is 12.8 Å². The van der Waals surface area contributed by atoms with Gasteiger partial charge in [0.25, 0.3) is 10.0 Å². The molecule has 3 N–H and O–H groups in total. The summed E-state index contributed by atoms with van der Waals surface area (Å²) in [6.07, 6.45) is 0. The number of halogens is 2. The molecule has 0 bridgehead atoms. The molecular formula is C13H12ClFN2O2S. The second kappa shape index (κ2) is 5.30. The molecule has 0 aliphatic rings. The lowest BCUT2D eigenvalue weighted by Crippen LogP contribution is -2.17. The van der Waals surface area contributed by atoms with Crippen molar-refractivity contribution in [2.24, 2.45) is 0 Å². The van der Waals surface area contributed by atoms with Gasteiger partial charge in [0.05, 0.1) is 11.4 Å². The van der Waals surface area contributed by atoms with Crippen LogP contribution in [0.15, 0.2) is 41.3 Å². The number of hydrogen-bond donors (Lipinski definition) is 2. The summed E-state index contributed by atoms with van der Waals surface area (Å²) in [7, 11) is -3.99. The highest BCUT2D eigenvalue weighted by Gasteiger charge is 2.21. The topological polar surface area (TPSA) is 72.2 Å². The predicted octanol–water partition coefficient (Wildman–Crippen LogP) is 3.17. The minimum Gasteiger partial charge on any atom is -0.398 e. The summed E-state index contributed by atoms with van der Waals surface area (Å²) >= 11 is 5.73. The second-order valence-electron chi connectivity index (χ2n) is 4.22. The maximum Gasteiger partial charge on any atom is 0.264 e. The molecule has 0 aliphatic carbocycles. The lowest BCUT2D eigenvalue weighted by atomic mass is 10.2. The smallest absolute Gasteiger partial charge is 0.264 e. The minimum absolute atomic E-state index is 0.0700. The Kier molecular flexibility index (Phi) is 3.87. The summed E-state index contributed by atoms with van der Waals surface area (Å²) in [5.41, 5.74) is 6.04. The zero-order valence-electron chi connectivity index (χ0n) is 10.5. The number of nitrogens with two attached hydrogens (primary N) is 1. The molecule has 2 aromatic carbocycles. The summed E-state index contributed by atoms with van der Waals surface area (Å²) in [6, 6.07) is 8.33. The van der Waals surface area contributed by atoms with E-state index >= 15 is 0 Å². The highest BCUT2D eigenvalue weighted by molar-refractivity contribution is 7.93. The molecular weight excluding hydrogens is 303 g/mol. The fourth-order valence-corrected chi connectivity index (χ4v) is 3.40. The molecule has 0 amide bonds. The van der Waals surface area contributed by atoms with E-state index in [2.05, 4.69) is 4.72 Å². The Morgan fingerprint density at radius 3 is 2.60 bits per heavy atom. The van der Waals surface area contributed by atoms with Gasteiger partial charge in [-0.15, -0.1) is 0 Å². The third kappa shape index (κ3) is 2.86. The number of hydrogen-bond acceptors (Lipinski definition) is 3. The van der Waals surface area contributed by atoms with Crippen LogP contribution in [0.2, 0.25) is 5.02 Å². The molecule has 20 heavy (non-hydrogen) atoms. The number of anilines is 2. The lowest BCUT2D eigenvalue weighted by Gasteiger charge is -2.13. The van der Waals surface area contributed by atoms with E-state index in [0.717, 1.165) is 6.07 Å². The van der Waals surface area contributed by atoms with Crippen LogP contribution in [0.3, 0.4) is 0 Å². The van der Waals surface area contributed by atoms with E-state index in [1.165, 1.54) is 18.2 Å². The largest absolute Gasteiger partial charge is 0.398 e. The van der Waals surface area contributed by atoms with Gasteiger partial charge in [-0.3, -0.25) is 4.72 Å². The monoisotopic (exact) mass is 314 g/mol. The molecule has 0 aromatic heterocycles. The van der Waals surface area contributed by atoms with Gasteiger partial charge in [-0.1, -0.05) is 23.7 Å². The minimum atomic E-state index is -3.99. The van der Waals surface area contributed by atoms with Gasteiger partial charge in [0.2, 0.25) is 0 Å². The summed E-state index contributed by atoms with van der Waals surface area (Å²) in [4.78, 5) is -0.0700. The van der Waals surface area contributed by atoms with E-state index in [4.69, 9.17) is 17.3 Å². The zero-order valence-corrected chi connectivity index (χ0v) is 12.1. The highest BCUT2D eigenvalue weighted by Crippen LogP contribution is 2.27.